The molecule has 7 heteroatoms. The topological polar surface area (TPSA) is 81.7 Å². The molecule has 0 saturated heterocycles. The maximum Gasteiger partial charge on any atom is 0.213 e. The largest absolute Gasteiger partial charge is 0.544 e. The molecule has 1 aromatic heterocycles. The van der Waals surface area contributed by atoms with Crippen LogP contribution in [0.5, 0.6) is 0 Å². The molecule has 0 amide bonds. The fourth-order valence-electron chi connectivity index (χ4n) is 1.42. The minimum Gasteiger partial charge on any atom is -0.544 e. The summed E-state index contributed by atoms with van der Waals surface area (Å²) in [5.74, 6) is -1.04. The summed E-state index contributed by atoms with van der Waals surface area (Å²) in [6.07, 6.45) is 2.07. The number of H-pyrrole nitrogens is 1. The molecule has 0 aliphatic carbocycles. The van der Waals surface area contributed by atoms with Gasteiger partial charge in [-0.2, -0.15) is 0 Å². The summed E-state index contributed by atoms with van der Waals surface area (Å²) in [6, 6.07) is 5.47. The first-order valence-corrected chi connectivity index (χ1v) is 6.68. The number of carboxylic acids is 1. The molecule has 1 aromatic carbocycles. The summed E-state index contributed by atoms with van der Waals surface area (Å²) >= 11 is 0.884. The number of thioether (sulfide) groups is 1. The predicted octanol–water partition coefficient (Wildman–Crippen LogP) is 1.39. The molecule has 5 nitrogen and oxygen atoms in total. The number of hydrogen-bond donors (Lipinski definition) is 1. The first-order chi connectivity index (χ1) is 9.58. The van der Waals surface area contributed by atoms with Gasteiger partial charge < -0.3 is 9.90 Å². The molecule has 0 atom stereocenters. The Kier molecular flexibility index (Phi) is 4.52. The Hall–Kier alpha value is -2.15. The number of nitrogens with one attached hydrogen (secondary N) is 1. The number of rotatable bonds is 5. The average Bonchev–Trinajstić information content (AvgIpc) is 2.88. The van der Waals surface area contributed by atoms with Gasteiger partial charge in [0, 0.05) is 11.3 Å². The minimum absolute atomic E-state index is 0.0433. The Morgan fingerprint density at radius 2 is 2.15 bits per heavy atom. The number of benzene rings is 1. The van der Waals surface area contributed by atoms with Gasteiger partial charge in [0.25, 0.3) is 0 Å². The maximum atomic E-state index is 12.8. The second-order valence-electron chi connectivity index (χ2n) is 3.87. The van der Waals surface area contributed by atoms with E-state index in [1.165, 1.54) is 30.3 Å². The molecule has 0 bridgehead atoms. The van der Waals surface area contributed by atoms with E-state index in [1.807, 2.05) is 6.92 Å². The highest BCUT2D eigenvalue weighted by molar-refractivity contribution is 8.04. The molecule has 2 rings (SSSR count). The van der Waals surface area contributed by atoms with E-state index in [9.17, 15) is 14.3 Å². The highest BCUT2D eigenvalue weighted by atomic mass is 32.2. The number of aromatic nitrogens is 3. The standard InChI is InChI=1S/C13H12FN3O2S/c1-2-11-15-13(17-16-11)20-10(12(18)19)7-8-3-5-9(14)6-4-8/h3-7H,2H2,1H3,(H,18,19)(H,15,16,17)/p-1/b10-7-. The lowest BCUT2D eigenvalue weighted by molar-refractivity contribution is -0.297. The number of carboxylic acid groups (broad SMARTS) is 1. The van der Waals surface area contributed by atoms with E-state index in [-0.39, 0.29) is 10.7 Å². The summed E-state index contributed by atoms with van der Waals surface area (Å²) in [7, 11) is 0. The van der Waals surface area contributed by atoms with Crippen LogP contribution in [0.25, 0.3) is 6.08 Å². The first kappa shape index (κ1) is 14.3. The van der Waals surface area contributed by atoms with Gasteiger partial charge in [0.1, 0.15) is 11.6 Å². The third-order valence-corrected chi connectivity index (χ3v) is 3.29. The Bertz CT molecular complexity index is 637. The van der Waals surface area contributed by atoms with Crippen LogP contribution in [0.4, 0.5) is 4.39 Å². The van der Waals surface area contributed by atoms with E-state index < -0.39 is 5.97 Å². The Labute approximate surface area is 118 Å². The molecule has 0 unspecified atom stereocenters. The van der Waals surface area contributed by atoms with Crippen LogP contribution in [0.2, 0.25) is 0 Å². The van der Waals surface area contributed by atoms with Crippen LogP contribution >= 0.6 is 11.8 Å². The third-order valence-electron chi connectivity index (χ3n) is 2.42. The van der Waals surface area contributed by atoms with E-state index in [0.717, 1.165) is 11.8 Å². The highest BCUT2D eigenvalue weighted by Crippen LogP contribution is 2.25. The van der Waals surface area contributed by atoms with E-state index in [2.05, 4.69) is 15.2 Å². The number of carbonyl (C=O) groups excluding carboxylic acids is 1. The molecule has 0 saturated carbocycles. The molecule has 0 aliphatic heterocycles. The minimum atomic E-state index is -1.33. The summed E-state index contributed by atoms with van der Waals surface area (Å²) < 4.78 is 12.8. The number of nitrogens with zero attached hydrogens (tertiary/aromatic N) is 2. The number of halogens is 1. The maximum absolute atomic E-state index is 12.8. The van der Waals surface area contributed by atoms with Crippen LogP contribution in [0.3, 0.4) is 0 Å². The van der Waals surface area contributed by atoms with Crippen molar-refractivity contribution < 1.29 is 14.3 Å². The van der Waals surface area contributed by atoms with Crippen LogP contribution in [0.15, 0.2) is 34.3 Å². The van der Waals surface area contributed by atoms with Gasteiger partial charge in [-0.25, -0.2) is 9.37 Å². The van der Waals surface area contributed by atoms with Gasteiger partial charge in [-0.15, -0.1) is 5.10 Å². The van der Waals surface area contributed by atoms with Crippen molar-refractivity contribution in [3.63, 3.8) is 0 Å². The van der Waals surface area contributed by atoms with Crippen LogP contribution in [-0.2, 0) is 11.2 Å². The van der Waals surface area contributed by atoms with Crippen molar-refractivity contribution >= 4 is 23.8 Å². The molecular weight excluding hydrogens is 281 g/mol. The molecule has 0 spiro atoms. The van der Waals surface area contributed by atoms with Crippen molar-refractivity contribution in [3.8, 4) is 0 Å². The van der Waals surface area contributed by atoms with Crippen LogP contribution < -0.4 is 5.11 Å². The Morgan fingerprint density at radius 1 is 1.45 bits per heavy atom. The third kappa shape index (κ3) is 3.67. The van der Waals surface area contributed by atoms with Gasteiger partial charge in [-0.3, -0.25) is 5.10 Å². The molecule has 0 fully saturated rings. The lowest BCUT2D eigenvalue weighted by Crippen LogP contribution is -2.23. The lowest BCUT2D eigenvalue weighted by Gasteiger charge is -2.05. The van der Waals surface area contributed by atoms with Gasteiger partial charge in [-0.05, 0) is 35.5 Å². The van der Waals surface area contributed by atoms with Crippen molar-refractivity contribution in [2.24, 2.45) is 0 Å². The van der Waals surface area contributed by atoms with Gasteiger partial charge >= 0.3 is 0 Å². The smallest absolute Gasteiger partial charge is 0.213 e. The summed E-state index contributed by atoms with van der Waals surface area (Å²) in [5.41, 5.74) is 0.560. The number of carbonyl (C=O) groups is 1. The molecule has 0 radical (unpaired) electrons. The SMILES string of the molecule is CCc1nc(S/C(=C\c2ccc(F)cc2)C(=O)[O-])n[nH]1. The average molecular weight is 292 g/mol. The van der Waals surface area contributed by atoms with Gasteiger partial charge in [0.15, 0.2) is 0 Å². The molecule has 1 N–H and O–H groups in total. The summed E-state index contributed by atoms with van der Waals surface area (Å²) in [6.45, 7) is 1.91. The van der Waals surface area contributed by atoms with Crippen molar-refractivity contribution in [1.29, 1.82) is 0 Å². The molecular formula is C13H11FN3O2S-. The zero-order chi connectivity index (χ0) is 14.5. The molecule has 104 valence electrons. The second kappa shape index (κ2) is 6.33. The molecule has 1 heterocycles. The van der Waals surface area contributed by atoms with E-state index in [0.29, 0.717) is 23.0 Å². The number of hydrogen-bond acceptors (Lipinski definition) is 5. The normalized spacial score (nSPS) is 11.6. The first-order valence-electron chi connectivity index (χ1n) is 5.86. The van der Waals surface area contributed by atoms with Crippen molar-refractivity contribution in [2.45, 2.75) is 18.5 Å². The fourth-order valence-corrected chi connectivity index (χ4v) is 2.14. The number of aliphatic carboxylic acids is 1. The highest BCUT2D eigenvalue weighted by Gasteiger charge is 2.08. The summed E-state index contributed by atoms with van der Waals surface area (Å²) in [5, 5.41) is 18.0. The van der Waals surface area contributed by atoms with Gasteiger partial charge in [-0.1, -0.05) is 19.1 Å². The van der Waals surface area contributed by atoms with Gasteiger partial charge in [0.2, 0.25) is 5.16 Å². The van der Waals surface area contributed by atoms with Gasteiger partial charge in [0.05, 0.1) is 5.97 Å². The van der Waals surface area contributed by atoms with Crippen LogP contribution in [-0.4, -0.2) is 21.2 Å². The zero-order valence-electron chi connectivity index (χ0n) is 10.6. The quantitative estimate of drug-likeness (QED) is 0.665. The molecule has 2 aromatic rings. The monoisotopic (exact) mass is 292 g/mol. The second-order valence-corrected chi connectivity index (χ2v) is 4.88. The zero-order valence-corrected chi connectivity index (χ0v) is 11.4. The van der Waals surface area contributed by atoms with Crippen molar-refractivity contribution in [3.05, 3.63) is 46.4 Å². The van der Waals surface area contributed by atoms with E-state index in [1.54, 1.807) is 0 Å². The van der Waals surface area contributed by atoms with Crippen molar-refractivity contribution in [2.75, 3.05) is 0 Å². The number of aryl methyl sites for hydroxylation is 1. The Morgan fingerprint density at radius 3 is 2.70 bits per heavy atom. The lowest BCUT2D eigenvalue weighted by atomic mass is 10.2. The Balaban J connectivity index is 2.22. The van der Waals surface area contributed by atoms with E-state index >= 15 is 0 Å². The van der Waals surface area contributed by atoms with E-state index in [4.69, 9.17) is 0 Å². The summed E-state index contributed by atoms with van der Waals surface area (Å²) in [4.78, 5) is 15.2. The molecule has 20 heavy (non-hydrogen) atoms. The van der Waals surface area contributed by atoms with Crippen LogP contribution in [0, 0.1) is 5.82 Å². The number of aromatic amines is 1. The molecule has 0 aliphatic rings. The fraction of sp³-hybridized carbons (Fsp3) is 0.154. The van der Waals surface area contributed by atoms with Crippen molar-refractivity contribution in [1.82, 2.24) is 15.2 Å². The predicted molar refractivity (Wildman–Crippen MR) is 71.0 cm³/mol. The van der Waals surface area contributed by atoms with Crippen LogP contribution in [0.1, 0.15) is 18.3 Å².